The number of hydrogen-bond acceptors (Lipinski definition) is 2. The minimum atomic E-state index is -0.724. The number of aliphatic carboxylic acids is 1. The molecule has 82 valence electrons. The van der Waals surface area contributed by atoms with Crippen molar-refractivity contribution in [2.24, 2.45) is 5.92 Å². The summed E-state index contributed by atoms with van der Waals surface area (Å²) in [5.74, 6) is -1.01. The van der Waals surface area contributed by atoms with Gasteiger partial charge in [-0.15, -0.1) is 0 Å². The Kier molecular flexibility index (Phi) is 4.84. The molecule has 1 rings (SSSR count). The molecule has 3 nitrogen and oxygen atoms in total. The van der Waals surface area contributed by atoms with Gasteiger partial charge in [0.05, 0.1) is 5.92 Å². The quantitative estimate of drug-likeness (QED) is 0.749. The molecule has 0 aromatic heterocycles. The number of nitrogens with one attached hydrogen (secondary N) is 1. The maximum Gasteiger partial charge on any atom is 0.307 e. The van der Waals surface area contributed by atoms with Crippen LogP contribution in [0, 0.1) is 5.92 Å². The lowest BCUT2D eigenvalue weighted by Crippen LogP contribution is -2.27. The third kappa shape index (κ3) is 4.13. The second-order valence-corrected chi connectivity index (χ2v) is 3.56. The first-order valence-electron chi connectivity index (χ1n) is 5.21. The third-order valence-corrected chi connectivity index (χ3v) is 2.40. The first kappa shape index (κ1) is 11.7. The number of carbonyl (C=O) groups is 1. The van der Waals surface area contributed by atoms with Crippen LogP contribution in [-0.2, 0) is 11.3 Å². The summed E-state index contributed by atoms with van der Waals surface area (Å²) in [5, 5.41) is 12.0. The highest BCUT2D eigenvalue weighted by Crippen LogP contribution is 2.02. The van der Waals surface area contributed by atoms with Gasteiger partial charge in [0.1, 0.15) is 0 Å². The summed E-state index contributed by atoms with van der Waals surface area (Å²) in [5.41, 5.74) is 1.18. The zero-order chi connectivity index (χ0) is 11.1. The van der Waals surface area contributed by atoms with Crippen molar-refractivity contribution in [2.75, 3.05) is 6.54 Å². The van der Waals surface area contributed by atoms with E-state index < -0.39 is 5.97 Å². The molecular weight excluding hydrogens is 190 g/mol. The van der Waals surface area contributed by atoms with Crippen molar-refractivity contribution < 1.29 is 9.90 Å². The Bertz CT molecular complexity index is 298. The van der Waals surface area contributed by atoms with Gasteiger partial charge < -0.3 is 10.4 Å². The van der Waals surface area contributed by atoms with Gasteiger partial charge in [-0.1, -0.05) is 37.3 Å². The van der Waals surface area contributed by atoms with Crippen LogP contribution in [0.5, 0.6) is 0 Å². The molecule has 0 aliphatic carbocycles. The van der Waals surface area contributed by atoms with Gasteiger partial charge in [0.25, 0.3) is 0 Å². The molecule has 0 amide bonds. The van der Waals surface area contributed by atoms with Crippen molar-refractivity contribution in [3.8, 4) is 0 Å². The van der Waals surface area contributed by atoms with Crippen LogP contribution in [0.1, 0.15) is 18.9 Å². The predicted molar refractivity (Wildman–Crippen MR) is 59.6 cm³/mol. The Morgan fingerprint density at radius 1 is 1.40 bits per heavy atom. The van der Waals surface area contributed by atoms with Crippen molar-refractivity contribution >= 4 is 5.97 Å². The van der Waals surface area contributed by atoms with E-state index >= 15 is 0 Å². The van der Waals surface area contributed by atoms with Crippen molar-refractivity contribution in [3.05, 3.63) is 35.9 Å². The van der Waals surface area contributed by atoms with Crippen LogP contribution in [0.2, 0.25) is 0 Å². The maximum absolute atomic E-state index is 10.7. The van der Waals surface area contributed by atoms with E-state index in [2.05, 4.69) is 5.32 Å². The molecule has 2 N–H and O–H groups in total. The molecule has 3 heteroatoms. The van der Waals surface area contributed by atoms with Crippen LogP contribution in [-0.4, -0.2) is 17.6 Å². The Hall–Kier alpha value is -1.35. The monoisotopic (exact) mass is 207 g/mol. The average molecular weight is 207 g/mol. The molecule has 1 aromatic carbocycles. The number of benzene rings is 1. The first-order chi connectivity index (χ1) is 7.24. The summed E-state index contributed by atoms with van der Waals surface area (Å²) in [6.45, 7) is 3.15. The summed E-state index contributed by atoms with van der Waals surface area (Å²) in [4.78, 5) is 10.7. The summed E-state index contributed by atoms with van der Waals surface area (Å²) in [6.07, 6.45) is 0.664. The highest BCUT2D eigenvalue weighted by Gasteiger charge is 2.13. The average Bonchev–Trinajstić information content (AvgIpc) is 2.25. The molecule has 0 heterocycles. The SMILES string of the molecule is CC[C@@H](CNCc1ccccc1)C(=O)O. The summed E-state index contributed by atoms with van der Waals surface area (Å²) in [7, 11) is 0. The molecule has 1 atom stereocenters. The van der Waals surface area contributed by atoms with Gasteiger partial charge in [-0.2, -0.15) is 0 Å². The van der Waals surface area contributed by atoms with E-state index in [4.69, 9.17) is 5.11 Å². The highest BCUT2D eigenvalue weighted by atomic mass is 16.4. The molecule has 0 bridgehead atoms. The molecule has 1 aromatic rings. The van der Waals surface area contributed by atoms with E-state index in [-0.39, 0.29) is 5.92 Å². The smallest absolute Gasteiger partial charge is 0.307 e. The standard InChI is InChI=1S/C12H17NO2/c1-2-11(12(14)15)9-13-8-10-6-4-3-5-7-10/h3-7,11,13H,2,8-9H2,1H3,(H,14,15)/t11-/m0/s1. The van der Waals surface area contributed by atoms with E-state index in [0.717, 1.165) is 6.54 Å². The molecule has 0 aliphatic heterocycles. The zero-order valence-corrected chi connectivity index (χ0v) is 8.94. The number of carboxylic acid groups (broad SMARTS) is 1. The zero-order valence-electron chi connectivity index (χ0n) is 8.94. The lowest BCUT2D eigenvalue weighted by molar-refractivity contribution is -0.141. The van der Waals surface area contributed by atoms with Crippen LogP contribution < -0.4 is 5.32 Å². The lowest BCUT2D eigenvalue weighted by Gasteiger charge is -2.10. The second kappa shape index (κ2) is 6.19. The molecular formula is C12H17NO2. The van der Waals surface area contributed by atoms with Crippen molar-refractivity contribution in [1.29, 1.82) is 0 Å². The van der Waals surface area contributed by atoms with Crippen LogP contribution >= 0.6 is 0 Å². The number of rotatable bonds is 6. The summed E-state index contributed by atoms with van der Waals surface area (Å²) >= 11 is 0. The molecule has 0 spiro atoms. The Labute approximate surface area is 90.1 Å². The van der Waals surface area contributed by atoms with E-state index in [1.54, 1.807) is 0 Å². The molecule has 0 saturated carbocycles. The predicted octanol–water partition coefficient (Wildman–Crippen LogP) is 1.89. The van der Waals surface area contributed by atoms with Gasteiger partial charge in [0, 0.05) is 13.1 Å². The van der Waals surface area contributed by atoms with Gasteiger partial charge in [0.15, 0.2) is 0 Å². The third-order valence-electron chi connectivity index (χ3n) is 2.40. The second-order valence-electron chi connectivity index (χ2n) is 3.56. The minimum absolute atomic E-state index is 0.284. The molecule has 0 aliphatic rings. The Morgan fingerprint density at radius 3 is 2.60 bits per heavy atom. The van der Waals surface area contributed by atoms with Gasteiger partial charge in [-0.25, -0.2) is 0 Å². The molecule has 0 fully saturated rings. The number of carboxylic acids is 1. The fourth-order valence-corrected chi connectivity index (χ4v) is 1.39. The molecule has 15 heavy (non-hydrogen) atoms. The molecule has 0 unspecified atom stereocenters. The highest BCUT2D eigenvalue weighted by molar-refractivity contribution is 5.70. The molecule has 0 radical (unpaired) electrons. The van der Waals surface area contributed by atoms with Crippen molar-refractivity contribution in [1.82, 2.24) is 5.32 Å². The van der Waals surface area contributed by atoms with E-state index in [1.807, 2.05) is 37.3 Å². The number of hydrogen-bond donors (Lipinski definition) is 2. The lowest BCUT2D eigenvalue weighted by atomic mass is 10.1. The van der Waals surface area contributed by atoms with Gasteiger partial charge in [-0.3, -0.25) is 4.79 Å². The van der Waals surface area contributed by atoms with Gasteiger partial charge in [0.2, 0.25) is 0 Å². The first-order valence-corrected chi connectivity index (χ1v) is 5.21. The fraction of sp³-hybridized carbons (Fsp3) is 0.417. The summed E-state index contributed by atoms with van der Waals surface area (Å²) in [6, 6.07) is 9.97. The fourth-order valence-electron chi connectivity index (χ4n) is 1.39. The normalized spacial score (nSPS) is 12.3. The van der Waals surface area contributed by atoms with E-state index in [0.29, 0.717) is 13.0 Å². The van der Waals surface area contributed by atoms with Crippen molar-refractivity contribution in [2.45, 2.75) is 19.9 Å². The van der Waals surface area contributed by atoms with Crippen LogP contribution in [0.4, 0.5) is 0 Å². The van der Waals surface area contributed by atoms with Gasteiger partial charge >= 0.3 is 5.97 Å². The summed E-state index contributed by atoms with van der Waals surface area (Å²) < 4.78 is 0. The van der Waals surface area contributed by atoms with E-state index in [1.165, 1.54) is 5.56 Å². The minimum Gasteiger partial charge on any atom is -0.481 e. The van der Waals surface area contributed by atoms with Gasteiger partial charge in [-0.05, 0) is 12.0 Å². The van der Waals surface area contributed by atoms with Crippen molar-refractivity contribution in [3.63, 3.8) is 0 Å². The Balaban J connectivity index is 2.30. The topological polar surface area (TPSA) is 49.3 Å². The Morgan fingerprint density at radius 2 is 2.07 bits per heavy atom. The van der Waals surface area contributed by atoms with Crippen LogP contribution in [0.25, 0.3) is 0 Å². The van der Waals surface area contributed by atoms with E-state index in [9.17, 15) is 4.79 Å². The largest absolute Gasteiger partial charge is 0.481 e. The maximum atomic E-state index is 10.7. The van der Waals surface area contributed by atoms with Crippen LogP contribution in [0.15, 0.2) is 30.3 Å². The molecule has 0 saturated heterocycles. The van der Waals surface area contributed by atoms with Crippen LogP contribution in [0.3, 0.4) is 0 Å².